The fraction of sp³-hybridized carbons (Fsp3) is 0.600. The zero-order valence-electron chi connectivity index (χ0n) is 19.2. The number of rotatable bonds is 4. The number of likely N-dealkylation sites (tertiary alicyclic amines) is 1. The highest BCUT2D eigenvalue weighted by molar-refractivity contribution is 6.14. The highest BCUT2D eigenvalue weighted by Crippen LogP contribution is 2.51. The molecule has 3 amide bonds. The third kappa shape index (κ3) is 3.14. The Hall–Kier alpha value is -2.74. The van der Waals surface area contributed by atoms with E-state index in [0.29, 0.717) is 5.69 Å². The van der Waals surface area contributed by atoms with Gasteiger partial charge >= 0.3 is 0 Å². The third-order valence-corrected chi connectivity index (χ3v) is 8.48. The predicted octanol–water partition coefficient (Wildman–Crippen LogP) is 0.251. The molecule has 0 radical (unpaired) electrons. The van der Waals surface area contributed by atoms with Gasteiger partial charge in [0.05, 0.1) is 5.69 Å². The SMILES string of the molecule is Cc1ccc2c(c1C)NC(=O)[C@]21[NH2+][C@H](CCC(=O)[O-])[C@H]2C(=O)N(C3CCCCCC3)C(=O)[C@H]21. The minimum Gasteiger partial charge on any atom is -0.550 e. The number of carboxylic acid groups (broad SMARTS) is 1. The number of anilines is 1. The van der Waals surface area contributed by atoms with Crippen LogP contribution in [0.2, 0.25) is 0 Å². The lowest BCUT2D eigenvalue weighted by molar-refractivity contribution is -0.734. The number of amides is 3. The Morgan fingerprint density at radius 2 is 1.82 bits per heavy atom. The molecule has 3 aliphatic heterocycles. The molecule has 4 aliphatic rings. The van der Waals surface area contributed by atoms with Crippen molar-refractivity contribution in [1.82, 2.24) is 4.90 Å². The predicted molar refractivity (Wildman–Crippen MR) is 117 cm³/mol. The first kappa shape index (κ1) is 22.1. The second-order valence-electron chi connectivity index (χ2n) is 10.2. The number of aliphatic carboxylic acids is 1. The van der Waals surface area contributed by atoms with Crippen molar-refractivity contribution in [3.63, 3.8) is 0 Å². The fourth-order valence-corrected chi connectivity index (χ4v) is 6.73. The molecule has 5 rings (SSSR count). The number of fused-ring (bicyclic) bond motifs is 4. The van der Waals surface area contributed by atoms with Gasteiger partial charge in [0.15, 0.2) is 0 Å². The Balaban J connectivity index is 1.61. The van der Waals surface area contributed by atoms with Gasteiger partial charge < -0.3 is 20.5 Å². The summed E-state index contributed by atoms with van der Waals surface area (Å²) in [7, 11) is 0. The minimum absolute atomic E-state index is 0.138. The van der Waals surface area contributed by atoms with Gasteiger partial charge in [-0.1, -0.05) is 31.7 Å². The molecule has 2 saturated heterocycles. The van der Waals surface area contributed by atoms with Gasteiger partial charge in [-0.05, 0) is 50.3 Å². The third-order valence-electron chi connectivity index (χ3n) is 8.48. The first-order chi connectivity index (χ1) is 15.8. The van der Waals surface area contributed by atoms with E-state index >= 15 is 0 Å². The van der Waals surface area contributed by atoms with Crippen LogP contribution in [0.1, 0.15) is 68.1 Å². The summed E-state index contributed by atoms with van der Waals surface area (Å²) < 4.78 is 0. The van der Waals surface area contributed by atoms with Crippen molar-refractivity contribution in [3.05, 3.63) is 28.8 Å². The Morgan fingerprint density at radius 1 is 1.12 bits per heavy atom. The summed E-state index contributed by atoms with van der Waals surface area (Å²) in [5.41, 5.74) is 2.16. The van der Waals surface area contributed by atoms with Gasteiger partial charge in [-0.25, -0.2) is 0 Å². The molecular weight excluding hydrogens is 422 g/mol. The van der Waals surface area contributed by atoms with Gasteiger partial charge in [0.1, 0.15) is 17.9 Å². The van der Waals surface area contributed by atoms with E-state index in [1.165, 1.54) is 4.90 Å². The number of quaternary nitrogens is 1. The van der Waals surface area contributed by atoms with Gasteiger partial charge in [0.25, 0.3) is 5.91 Å². The topological polar surface area (TPSA) is 123 Å². The van der Waals surface area contributed by atoms with Crippen molar-refractivity contribution in [1.29, 1.82) is 0 Å². The summed E-state index contributed by atoms with van der Waals surface area (Å²) in [5, 5.41) is 16.0. The normalized spacial score (nSPS) is 31.6. The molecule has 1 saturated carbocycles. The Kier molecular flexibility index (Phi) is 5.31. The first-order valence-corrected chi connectivity index (χ1v) is 12.1. The average Bonchev–Trinajstić information content (AvgIpc) is 3.24. The lowest BCUT2D eigenvalue weighted by Gasteiger charge is -2.30. The van der Waals surface area contributed by atoms with Gasteiger partial charge in [-0.15, -0.1) is 0 Å². The smallest absolute Gasteiger partial charge is 0.291 e. The number of carbonyl (C=O) groups excluding carboxylic acids is 4. The van der Waals surface area contributed by atoms with Crippen LogP contribution in [0.5, 0.6) is 0 Å². The van der Waals surface area contributed by atoms with Crippen LogP contribution in [0, 0.1) is 25.7 Å². The van der Waals surface area contributed by atoms with Gasteiger partial charge in [-0.3, -0.25) is 19.3 Å². The second kappa shape index (κ2) is 7.94. The van der Waals surface area contributed by atoms with Crippen LogP contribution >= 0.6 is 0 Å². The molecule has 1 aromatic carbocycles. The summed E-state index contributed by atoms with van der Waals surface area (Å²) in [6, 6.07) is 3.22. The van der Waals surface area contributed by atoms with Crippen LogP contribution in [-0.4, -0.2) is 40.7 Å². The van der Waals surface area contributed by atoms with Crippen LogP contribution in [0.3, 0.4) is 0 Å². The summed E-state index contributed by atoms with van der Waals surface area (Å²) >= 11 is 0. The number of hydrogen-bond donors (Lipinski definition) is 2. The van der Waals surface area contributed by atoms with Gasteiger partial charge in [0, 0.05) is 24.0 Å². The highest BCUT2D eigenvalue weighted by Gasteiger charge is 2.74. The van der Waals surface area contributed by atoms with E-state index in [1.807, 2.05) is 26.0 Å². The number of imide groups is 1. The van der Waals surface area contributed by atoms with Crippen molar-refractivity contribution < 1.29 is 29.6 Å². The van der Waals surface area contributed by atoms with Crippen LogP contribution in [0.4, 0.5) is 5.69 Å². The monoisotopic (exact) mass is 453 g/mol. The molecule has 8 nitrogen and oxygen atoms in total. The number of nitrogens with one attached hydrogen (secondary N) is 1. The van der Waals surface area contributed by atoms with Crippen LogP contribution in [0.25, 0.3) is 0 Å². The van der Waals surface area contributed by atoms with E-state index in [9.17, 15) is 24.3 Å². The van der Waals surface area contributed by atoms with Gasteiger partial charge in [0.2, 0.25) is 17.4 Å². The maximum atomic E-state index is 13.9. The van der Waals surface area contributed by atoms with E-state index in [2.05, 4.69) is 5.32 Å². The zero-order chi connectivity index (χ0) is 23.5. The molecule has 1 spiro atoms. The van der Waals surface area contributed by atoms with Crippen molar-refractivity contribution in [3.8, 4) is 0 Å². The summed E-state index contributed by atoms with van der Waals surface area (Å²) in [5.74, 6) is -3.53. The molecule has 1 aromatic rings. The molecule has 176 valence electrons. The largest absolute Gasteiger partial charge is 0.550 e. The number of carbonyl (C=O) groups is 4. The van der Waals surface area contributed by atoms with Crippen molar-refractivity contribution in [2.24, 2.45) is 11.8 Å². The standard InChI is InChI=1S/C25H31N3O5/c1-13-9-10-16-21(14(13)2)26-24(33)25(16)20-19(17(27-25)11-12-18(29)30)22(31)28(23(20)32)15-7-5-3-4-6-8-15/h9-10,15,17,19-20,27H,3-8,11-12H2,1-2H3,(H,26,33)(H,29,30)/t17-,19-,20+,25+/m1/s1. The molecular formula is C25H31N3O5. The summed E-state index contributed by atoms with van der Waals surface area (Å²) in [4.78, 5) is 53.9. The molecule has 0 unspecified atom stereocenters. The van der Waals surface area contributed by atoms with Crippen molar-refractivity contribution in [2.45, 2.75) is 82.8 Å². The van der Waals surface area contributed by atoms with Crippen LogP contribution in [-0.2, 0) is 24.7 Å². The Morgan fingerprint density at radius 3 is 2.48 bits per heavy atom. The molecule has 0 bridgehead atoms. The summed E-state index contributed by atoms with van der Waals surface area (Å²) in [6.45, 7) is 3.90. The molecule has 3 fully saturated rings. The number of carboxylic acids is 1. The molecule has 33 heavy (non-hydrogen) atoms. The lowest BCUT2D eigenvalue weighted by atomic mass is 9.76. The molecule has 3 N–H and O–H groups in total. The highest BCUT2D eigenvalue weighted by atomic mass is 16.4. The Labute approximate surface area is 193 Å². The number of nitrogens with two attached hydrogens (primary N) is 1. The number of nitrogens with zero attached hydrogens (tertiary/aromatic N) is 1. The maximum absolute atomic E-state index is 13.9. The number of hydrogen-bond acceptors (Lipinski definition) is 5. The number of benzene rings is 1. The molecule has 0 aromatic heterocycles. The first-order valence-electron chi connectivity index (χ1n) is 12.1. The van der Waals surface area contributed by atoms with Crippen molar-refractivity contribution >= 4 is 29.4 Å². The quantitative estimate of drug-likeness (QED) is 0.500. The van der Waals surface area contributed by atoms with Crippen LogP contribution in [0.15, 0.2) is 12.1 Å². The second-order valence-corrected chi connectivity index (χ2v) is 10.2. The van der Waals surface area contributed by atoms with Gasteiger partial charge in [-0.2, -0.15) is 0 Å². The Bertz CT molecular complexity index is 1040. The van der Waals surface area contributed by atoms with Crippen molar-refractivity contribution in [2.75, 3.05) is 5.32 Å². The minimum atomic E-state index is -1.25. The van der Waals surface area contributed by atoms with E-state index in [0.717, 1.165) is 55.2 Å². The molecule has 1 aliphatic carbocycles. The average molecular weight is 454 g/mol. The maximum Gasteiger partial charge on any atom is 0.291 e. The summed E-state index contributed by atoms with van der Waals surface area (Å²) in [6.07, 6.45) is 5.69. The van der Waals surface area contributed by atoms with E-state index in [4.69, 9.17) is 0 Å². The molecule has 3 heterocycles. The fourth-order valence-electron chi connectivity index (χ4n) is 6.73. The molecule has 4 atom stereocenters. The van der Waals surface area contributed by atoms with E-state index in [-0.39, 0.29) is 36.6 Å². The number of aryl methyl sites for hydroxylation is 1. The zero-order valence-corrected chi connectivity index (χ0v) is 19.2. The van der Waals surface area contributed by atoms with E-state index in [1.54, 1.807) is 5.32 Å². The van der Waals surface area contributed by atoms with Crippen LogP contribution < -0.4 is 15.7 Å². The lowest BCUT2D eigenvalue weighted by Crippen LogP contribution is -2.99. The molecule has 8 heteroatoms. The van der Waals surface area contributed by atoms with E-state index < -0.39 is 29.4 Å².